The summed E-state index contributed by atoms with van der Waals surface area (Å²) in [5.74, 6) is -2.45. The number of halogens is 6. The number of nitrogens with two attached hydrogens (primary N) is 1. The number of ether oxygens (including phenoxy) is 1. The number of hydrogen-bond donors (Lipinski definition) is 5. The van der Waals surface area contributed by atoms with E-state index in [0.29, 0.717) is 4.68 Å². The Hall–Kier alpha value is -2.96. The van der Waals surface area contributed by atoms with Gasteiger partial charge in [0, 0.05) is 12.8 Å². The number of carbonyl (C=O) groups is 2. The Balaban J connectivity index is 0.000000390. The maximum Gasteiger partial charge on any atom is 0.355 e. The van der Waals surface area contributed by atoms with Gasteiger partial charge in [0.1, 0.15) is 17.4 Å². The fourth-order valence-corrected chi connectivity index (χ4v) is 5.63. The van der Waals surface area contributed by atoms with Gasteiger partial charge in [0.15, 0.2) is 13.1 Å². The van der Waals surface area contributed by atoms with Gasteiger partial charge in [0.05, 0.1) is 44.8 Å². The van der Waals surface area contributed by atoms with Crippen molar-refractivity contribution in [1.82, 2.24) is 14.3 Å². The van der Waals surface area contributed by atoms with Crippen LogP contribution < -0.4 is 20.9 Å². The van der Waals surface area contributed by atoms with Gasteiger partial charge in [-0.1, -0.05) is 46.4 Å². The Morgan fingerprint density at radius 1 is 1.11 bits per heavy atom. The lowest BCUT2D eigenvalue weighted by molar-refractivity contribution is -0.138. The summed E-state index contributed by atoms with van der Waals surface area (Å²) in [5, 5.41) is 21.0. The molecule has 0 aliphatic rings. The molecule has 0 bridgehead atoms. The van der Waals surface area contributed by atoms with Crippen molar-refractivity contribution in [3.63, 3.8) is 0 Å². The van der Waals surface area contributed by atoms with Gasteiger partial charge in [0.25, 0.3) is 0 Å². The quantitative estimate of drug-likeness (QED) is 0.174. The molecule has 2 aromatic carbocycles. The number of nitrogens with zero attached hydrogens (tertiary/aromatic N) is 3. The molecule has 3 rings (SSSR count). The Morgan fingerprint density at radius 3 is 2.06 bits per heavy atom. The highest BCUT2D eigenvalue weighted by atomic mass is 35.5. The third kappa shape index (κ3) is 12.9. The number of aryl methyl sites for hydroxylation is 1. The molecule has 0 spiro atoms. The lowest BCUT2D eigenvalue weighted by atomic mass is 10.2. The zero-order chi connectivity index (χ0) is 36.6. The minimum Gasteiger partial charge on any atom is -0.494 e. The predicted octanol–water partition coefficient (Wildman–Crippen LogP) is 4.80. The number of hydrogen-bond acceptors (Lipinski definition) is 9. The summed E-state index contributed by atoms with van der Waals surface area (Å²) in [6, 6.07) is 4.17. The lowest BCUT2D eigenvalue weighted by Crippen LogP contribution is -2.30. The summed E-state index contributed by atoms with van der Waals surface area (Å²) in [4.78, 5) is 41.6. The van der Waals surface area contributed by atoms with E-state index in [2.05, 4.69) is 9.82 Å². The van der Waals surface area contributed by atoms with E-state index in [1.165, 1.54) is 38.9 Å². The van der Waals surface area contributed by atoms with Crippen LogP contribution in [0.3, 0.4) is 0 Å². The maximum absolute atomic E-state index is 12.8. The molecular weight excluding hydrogens is 761 g/mol. The SMILES string of the molecule is COc1c(Cl)ccc(Cl)c1C(=O)O.CP(=O)(O)CCC(N)C(=O)O.Cc1nn(-c2cc(NS(C)(=O)=O)c(Cl)cc2Cl)c(=O)n1C(F)F. The molecule has 6 N–H and O–H groups in total. The topological polar surface area (TPSA) is 233 Å². The first kappa shape index (κ1) is 42.1. The number of alkyl halides is 2. The standard InChI is InChI=1S/C11H10Cl2F2N4O3S.C8H6Cl2O3.C5H12NO4P/c1-5-16-19(11(20)18(5)10(14)15)9-4-8(17-23(2,21)22)6(12)3-7(9)13;1-13-7-5(10)3-2-4(9)6(7)8(11)12;1-11(9,10)3-2-4(6)5(7)8/h3-4,10,17H,1-2H3;2-3H,1H3,(H,11,12);4H,2-3,6H2,1H3,(H,7,8)(H,9,10). The minimum absolute atomic E-state index is 0.0257. The molecule has 0 saturated carbocycles. The zero-order valence-corrected chi connectivity index (χ0v) is 29.4. The summed E-state index contributed by atoms with van der Waals surface area (Å²) in [6.45, 7) is -0.665. The summed E-state index contributed by atoms with van der Waals surface area (Å²) in [6.07, 6.45) is 0.902. The Bertz CT molecular complexity index is 1840. The molecule has 1 heterocycles. The van der Waals surface area contributed by atoms with Crippen molar-refractivity contribution >= 4 is 81.4 Å². The number of aromatic nitrogens is 3. The van der Waals surface area contributed by atoms with Crippen LogP contribution >= 0.6 is 53.8 Å². The van der Waals surface area contributed by atoms with Gasteiger partial charge in [0.2, 0.25) is 10.0 Å². The second-order valence-corrected chi connectivity index (χ2v) is 15.2. The Morgan fingerprint density at radius 2 is 1.66 bits per heavy atom. The van der Waals surface area contributed by atoms with Crippen LogP contribution in [0.15, 0.2) is 29.1 Å². The van der Waals surface area contributed by atoms with Crippen molar-refractivity contribution in [2.75, 3.05) is 30.9 Å². The van der Waals surface area contributed by atoms with Gasteiger partial charge >= 0.3 is 24.2 Å². The van der Waals surface area contributed by atoms with E-state index in [9.17, 15) is 36.1 Å². The molecule has 0 radical (unpaired) electrons. The lowest BCUT2D eigenvalue weighted by Gasteiger charge is -2.10. The summed E-state index contributed by atoms with van der Waals surface area (Å²) in [5.41, 5.74) is 3.71. The van der Waals surface area contributed by atoms with Gasteiger partial charge in [-0.2, -0.15) is 13.5 Å². The van der Waals surface area contributed by atoms with Crippen molar-refractivity contribution < 1.29 is 51.2 Å². The van der Waals surface area contributed by atoms with Gasteiger partial charge in [-0.3, -0.25) is 14.1 Å². The van der Waals surface area contributed by atoms with Crippen molar-refractivity contribution in [3.05, 3.63) is 66.2 Å². The minimum atomic E-state index is -3.65. The summed E-state index contributed by atoms with van der Waals surface area (Å²) in [7, 11) is -5.41. The van der Waals surface area contributed by atoms with Gasteiger partial charge in [-0.05, 0) is 37.6 Å². The molecule has 1 aromatic heterocycles. The molecular formula is C24H28Cl4F2N5O10PS. The normalized spacial score (nSPS) is 13.0. The first-order chi connectivity index (χ1) is 21.4. The smallest absolute Gasteiger partial charge is 0.355 e. The first-order valence-corrected chi connectivity index (χ1v) is 18.1. The van der Waals surface area contributed by atoms with Crippen molar-refractivity contribution in [2.45, 2.75) is 25.9 Å². The van der Waals surface area contributed by atoms with Crippen LogP contribution in [-0.2, 0) is 19.4 Å². The number of carboxylic acids is 2. The van der Waals surface area contributed by atoms with E-state index in [-0.39, 0.29) is 65.8 Å². The zero-order valence-electron chi connectivity index (χ0n) is 24.6. The molecule has 0 amide bonds. The van der Waals surface area contributed by atoms with Gasteiger partial charge < -0.3 is 25.6 Å². The van der Waals surface area contributed by atoms with Crippen molar-refractivity contribution in [2.24, 2.45) is 5.73 Å². The van der Waals surface area contributed by atoms with Crippen molar-refractivity contribution in [1.29, 1.82) is 0 Å². The monoisotopic (exact) mass is 787 g/mol. The fourth-order valence-electron chi connectivity index (χ4n) is 3.27. The second kappa shape index (κ2) is 17.4. The molecule has 0 aliphatic heterocycles. The van der Waals surface area contributed by atoms with Crippen molar-refractivity contribution in [3.8, 4) is 11.4 Å². The number of anilines is 1. The van der Waals surface area contributed by atoms with Crippen LogP contribution in [-0.4, -0.2) is 82.0 Å². The number of aliphatic carboxylic acids is 1. The van der Waals surface area contributed by atoms with Crippen LogP contribution in [0.2, 0.25) is 20.1 Å². The molecule has 23 heteroatoms. The number of aromatic carboxylic acids is 1. The third-order valence-corrected chi connectivity index (χ3v) is 8.29. The summed E-state index contributed by atoms with van der Waals surface area (Å²) >= 11 is 23.2. The number of rotatable bonds is 10. The fraction of sp³-hybridized carbons (Fsp3) is 0.333. The van der Waals surface area contributed by atoms with E-state index in [4.69, 9.17) is 72.0 Å². The molecule has 0 aliphatic carbocycles. The van der Waals surface area contributed by atoms with E-state index >= 15 is 0 Å². The molecule has 3 aromatic rings. The predicted molar refractivity (Wildman–Crippen MR) is 173 cm³/mol. The largest absolute Gasteiger partial charge is 0.494 e. The molecule has 2 atom stereocenters. The van der Waals surface area contributed by atoms with Gasteiger partial charge in [-0.15, -0.1) is 5.10 Å². The number of carboxylic acid groups (broad SMARTS) is 2. The van der Waals surface area contributed by atoms with E-state index < -0.39 is 47.6 Å². The highest BCUT2D eigenvalue weighted by molar-refractivity contribution is 7.92. The van der Waals surface area contributed by atoms with Crippen LogP contribution in [0.1, 0.15) is 29.2 Å². The Kier molecular flexibility index (Phi) is 15.6. The molecule has 0 saturated heterocycles. The number of sulfonamides is 1. The second-order valence-electron chi connectivity index (χ2n) is 9.30. The van der Waals surface area contributed by atoms with E-state index in [1.54, 1.807) is 0 Å². The molecule has 0 fully saturated rings. The average Bonchev–Trinajstić information content (AvgIpc) is 3.22. The van der Waals surface area contributed by atoms with Crippen LogP contribution in [0.5, 0.6) is 5.75 Å². The highest BCUT2D eigenvalue weighted by Crippen LogP contribution is 2.36. The number of benzene rings is 2. The average molecular weight is 789 g/mol. The molecule has 262 valence electrons. The van der Waals surface area contributed by atoms with Crippen LogP contribution in [0.25, 0.3) is 5.69 Å². The first-order valence-electron chi connectivity index (χ1n) is 12.4. The van der Waals surface area contributed by atoms with E-state index in [0.717, 1.165) is 12.3 Å². The summed E-state index contributed by atoms with van der Waals surface area (Å²) < 4.78 is 66.7. The van der Waals surface area contributed by atoms with Crippen LogP contribution in [0.4, 0.5) is 14.5 Å². The van der Waals surface area contributed by atoms with Gasteiger partial charge in [-0.25, -0.2) is 22.6 Å². The van der Waals surface area contributed by atoms with Crippen LogP contribution in [0, 0.1) is 6.92 Å². The number of nitrogens with one attached hydrogen (secondary N) is 1. The highest BCUT2D eigenvalue weighted by Gasteiger charge is 2.22. The molecule has 2 unspecified atom stereocenters. The molecule has 15 nitrogen and oxygen atoms in total. The third-order valence-electron chi connectivity index (χ3n) is 5.38. The number of methoxy groups -OCH3 is 1. The molecule has 47 heavy (non-hydrogen) atoms. The Labute approximate surface area is 286 Å². The maximum atomic E-state index is 12.8. The van der Waals surface area contributed by atoms with E-state index in [1.807, 2.05) is 0 Å².